The summed E-state index contributed by atoms with van der Waals surface area (Å²) in [6.07, 6.45) is 5.49. The van der Waals surface area contributed by atoms with Crippen molar-refractivity contribution in [1.82, 2.24) is 10.2 Å². The van der Waals surface area contributed by atoms with Crippen molar-refractivity contribution in [2.24, 2.45) is 11.3 Å². The molecule has 138 valence electrons. The molecule has 5 nitrogen and oxygen atoms in total. The molecular formula is C19H34N2O3. The fraction of sp³-hybridized carbons (Fsp3) is 0.947. The summed E-state index contributed by atoms with van der Waals surface area (Å²) in [5.74, 6) is 0.670. The molecule has 3 aliphatic rings. The molecule has 1 amide bonds. The zero-order valence-electron chi connectivity index (χ0n) is 15.9. The molecule has 0 radical (unpaired) electrons. The molecule has 4 unspecified atom stereocenters. The number of hydrogen-bond donors (Lipinski definition) is 1. The number of rotatable bonds is 3. The van der Waals surface area contributed by atoms with E-state index in [1.807, 2.05) is 25.7 Å². The highest BCUT2D eigenvalue weighted by Crippen LogP contribution is 2.39. The van der Waals surface area contributed by atoms with Crippen molar-refractivity contribution in [3.05, 3.63) is 0 Å². The Kier molecular flexibility index (Phi) is 4.86. The summed E-state index contributed by atoms with van der Waals surface area (Å²) in [5.41, 5.74) is -0.383. The van der Waals surface area contributed by atoms with Crippen molar-refractivity contribution in [2.45, 2.75) is 84.2 Å². The maximum absolute atomic E-state index is 12.3. The van der Waals surface area contributed by atoms with E-state index in [1.54, 1.807) is 0 Å². The van der Waals surface area contributed by atoms with Gasteiger partial charge in [-0.05, 0) is 51.9 Å². The van der Waals surface area contributed by atoms with Crippen LogP contribution in [-0.4, -0.2) is 54.5 Å². The van der Waals surface area contributed by atoms with Crippen LogP contribution in [0.3, 0.4) is 0 Å². The van der Waals surface area contributed by atoms with E-state index in [1.165, 1.54) is 19.3 Å². The molecule has 3 rings (SSSR count). The van der Waals surface area contributed by atoms with Gasteiger partial charge in [0.25, 0.3) is 0 Å². The molecule has 2 bridgehead atoms. The van der Waals surface area contributed by atoms with Crippen molar-refractivity contribution in [2.75, 3.05) is 19.6 Å². The average Bonchev–Trinajstić information content (AvgIpc) is 3.05. The molecule has 5 heteroatoms. The van der Waals surface area contributed by atoms with Crippen molar-refractivity contribution in [3.8, 4) is 0 Å². The Labute approximate surface area is 146 Å². The summed E-state index contributed by atoms with van der Waals surface area (Å²) in [7, 11) is 0. The van der Waals surface area contributed by atoms with E-state index in [0.29, 0.717) is 24.2 Å². The number of likely N-dealkylation sites (tertiary alicyclic amines) is 1. The van der Waals surface area contributed by atoms with Crippen LogP contribution in [0.25, 0.3) is 0 Å². The first kappa shape index (κ1) is 18.0. The van der Waals surface area contributed by atoms with Gasteiger partial charge in [0, 0.05) is 31.6 Å². The minimum atomic E-state index is -0.432. The third-order valence-corrected chi connectivity index (χ3v) is 5.74. The maximum Gasteiger partial charge on any atom is 0.410 e. The van der Waals surface area contributed by atoms with Crippen molar-refractivity contribution in [3.63, 3.8) is 0 Å². The molecule has 3 saturated heterocycles. The zero-order valence-corrected chi connectivity index (χ0v) is 15.9. The topological polar surface area (TPSA) is 50.8 Å². The van der Waals surface area contributed by atoms with Crippen LogP contribution in [0.4, 0.5) is 4.79 Å². The van der Waals surface area contributed by atoms with Gasteiger partial charge in [0.1, 0.15) is 5.60 Å². The Morgan fingerprint density at radius 2 is 2.04 bits per heavy atom. The Morgan fingerprint density at radius 1 is 1.29 bits per heavy atom. The largest absolute Gasteiger partial charge is 0.444 e. The summed E-state index contributed by atoms with van der Waals surface area (Å²) >= 11 is 0. The van der Waals surface area contributed by atoms with E-state index in [4.69, 9.17) is 9.47 Å². The highest BCUT2D eigenvalue weighted by molar-refractivity contribution is 5.68. The van der Waals surface area contributed by atoms with Gasteiger partial charge in [-0.3, -0.25) is 0 Å². The smallest absolute Gasteiger partial charge is 0.410 e. The molecular weight excluding hydrogens is 304 g/mol. The number of carbonyl (C=O) groups is 1. The van der Waals surface area contributed by atoms with Crippen molar-refractivity contribution < 1.29 is 14.3 Å². The van der Waals surface area contributed by atoms with Gasteiger partial charge in [-0.2, -0.15) is 0 Å². The Hall–Kier alpha value is -0.810. The fourth-order valence-electron chi connectivity index (χ4n) is 4.47. The predicted molar refractivity (Wildman–Crippen MR) is 94.0 cm³/mol. The van der Waals surface area contributed by atoms with Crippen LogP contribution in [0.2, 0.25) is 0 Å². The number of nitrogens with zero attached hydrogens (tertiary/aromatic N) is 1. The lowest BCUT2D eigenvalue weighted by atomic mass is 9.78. The van der Waals surface area contributed by atoms with Gasteiger partial charge in [0.15, 0.2) is 0 Å². The molecule has 0 aromatic rings. The lowest BCUT2D eigenvalue weighted by Crippen LogP contribution is -2.57. The first-order valence-electron chi connectivity index (χ1n) is 9.51. The third-order valence-electron chi connectivity index (χ3n) is 5.74. The number of amides is 1. The van der Waals surface area contributed by atoms with Crippen LogP contribution in [0.1, 0.15) is 60.3 Å². The molecule has 0 spiro atoms. The van der Waals surface area contributed by atoms with Crippen molar-refractivity contribution >= 4 is 6.09 Å². The number of hydrogen-bond acceptors (Lipinski definition) is 4. The van der Waals surface area contributed by atoms with E-state index in [2.05, 4.69) is 19.2 Å². The second-order valence-corrected chi connectivity index (χ2v) is 9.51. The summed E-state index contributed by atoms with van der Waals surface area (Å²) < 4.78 is 11.5. The van der Waals surface area contributed by atoms with Crippen LogP contribution in [0, 0.1) is 11.3 Å². The monoisotopic (exact) mass is 338 g/mol. The van der Waals surface area contributed by atoms with Crippen LogP contribution in [-0.2, 0) is 9.47 Å². The summed E-state index contributed by atoms with van der Waals surface area (Å²) in [4.78, 5) is 14.2. The van der Waals surface area contributed by atoms with E-state index in [0.717, 1.165) is 26.1 Å². The molecule has 3 aliphatic heterocycles. The van der Waals surface area contributed by atoms with Crippen LogP contribution >= 0.6 is 0 Å². The predicted octanol–water partition coefficient (Wildman–Crippen LogP) is 3.18. The third kappa shape index (κ3) is 4.05. The quantitative estimate of drug-likeness (QED) is 0.859. The molecule has 1 N–H and O–H groups in total. The molecule has 3 fully saturated rings. The number of piperidine rings is 1. The lowest BCUT2D eigenvalue weighted by molar-refractivity contribution is 0.00160. The molecule has 0 saturated carbocycles. The van der Waals surface area contributed by atoms with Gasteiger partial charge in [-0.1, -0.05) is 13.8 Å². The highest BCUT2D eigenvalue weighted by atomic mass is 16.6. The van der Waals surface area contributed by atoms with Gasteiger partial charge in [-0.15, -0.1) is 0 Å². The molecule has 0 aromatic heterocycles. The minimum Gasteiger partial charge on any atom is -0.444 e. The second-order valence-electron chi connectivity index (χ2n) is 9.51. The SMILES string of the molecule is CC(C)(C)OC(=O)N1CCC(NCC2CC3CCC2O3)C(C)(C)C1. The zero-order chi connectivity index (χ0) is 17.5. The van der Waals surface area contributed by atoms with Gasteiger partial charge < -0.3 is 19.7 Å². The normalized spacial score (nSPS) is 35.3. The fourth-order valence-corrected chi connectivity index (χ4v) is 4.47. The van der Waals surface area contributed by atoms with Crippen molar-refractivity contribution in [1.29, 1.82) is 0 Å². The molecule has 0 aromatic carbocycles. The number of nitrogens with one attached hydrogen (secondary N) is 1. The van der Waals surface area contributed by atoms with Crippen LogP contribution in [0.5, 0.6) is 0 Å². The summed E-state index contributed by atoms with van der Waals surface area (Å²) in [6.45, 7) is 12.8. The Bertz CT molecular complexity index is 472. The van der Waals surface area contributed by atoms with E-state index < -0.39 is 5.60 Å². The Morgan fingerprint density at radius 3 is 2.58 bits per heavy atom. The van der Waals surface area contributed by atoms with Gasteiger partial charge in [0.2, 0.25) is 0 Å². The summed E-state index contributed by atoms with van der Waals surface area (Å²) in [5, 5.41) is 3.79. The second kappa shape index (κ2) is 6.49. The molecule has 24 heavy (non-hydrogen) atoms. The highest BCUT2D eigenvalue weighted by Gasteiger charge is 2.42. The van der Waals surface area contributed by atoms with Crippen LogP contribution < -0.4 is 5.32 Å². The number of fused-ring (bicyclic) bond motifs is 2. The number of ether oxygens (including phenoxy) is 2. The van der Waals surface area contributed by atoms with Gasteiger partial charge in [0.05, 0.1) is 12.2 Å². The number of carbonyl (C=O) groups excluding carboxylic acids is 1. The maximum atomic E-state index is 12.3. The first-order chi connectivity index (χ1) is 11.1. The standard InChI is InChI=1S/C19H34N2O3/c1-18(2,3)24-17(22)21-9-8-16(19(4,5)12-21)20-11-13-10-14-6-7-15(13)23-14/h13-16,20H,6-12H2,1-5H3. The van der Waals surface area contributed by atoms with E-state index in [-0.39, 0.29) is 11.5 Å². The van der Waals surface area contributed by atoms with Crippen LogP contribution in [0.15, 0.2) is 0 Å². The van der Waals surface area contributed by atoms with E-state index in [9.17, 15) is 4.79 Å². The lowest BCUT2D eigenvalue weighted by Gasteiger charge is -2.45. The molecule has 4 atom stereocenters. The van der Waals surface area contributed by atoms with E-state index >= 15 is 0 Å². The Balaban J connectivity index is 1.49. The molecule has 3 heterocycles. The van der Waals surface area contributed by atoms with Gasteiger partial charge in [-0.25, -0.2) is 4.79 Å². The average molecular weight is 338 g/mol. The first-order valence-corrected chi connectivity index (χ1v) is 9.51. The van der Waals surface area contributed by atoms with Gasteiger partial charge >= 0.3 is 6.09 Å². The minimum absolute atomic E-state index is 0.0492. The molecule has 0 aliphatic carbocycles. The summed E-state index contributed by atoms with van der Waals surface area (Å²) in [6, 6.07) is 0.440.